The molecule has 0 saturated carbocycles. The fourth-order valence-electron chi connectivity index (χ4n) is 3.37. The molecule has 1 aromatic heterocycles. The van der Waals surface area contributed by atoms with Gasteiger partial charge in [-0.05, 0) is 55.5 Å². The highest BCUT2D eigenvalue weighted by Crippen LogP contribution is 2.42. The Morgan fingerprint density at radius 3 is 2.33 bits per heavy atom. The van der Waals surface area contributed by atoms with Gasteiger partial charge in [-0.1, -0.05) is 11.6 Å². The molecular weight excluding hydrogens is 416 g/mol. The summed E-state index contributed by atoms with van der Waals surface area (Å²) in [4.78, 5) is 26.7. The second kappa shape index (κ2) is 7.42. The van der Waals surface area contributed by atoms with Gasteiger partial charge in [-0.2, -0.15) is 0 Å². The summed E-state index contributed by atoms with van der Waals surface area (Å²) in [6, 6.07) is 10.9. The van der Waals surface area contributed by atoms with E-state index in [2.05, 4.69) is 0 Å². The van der Waals surface area contributed by atoms with Gasteiger partial charge < -0.3 is 9.52 Å². The van der Waals surface area contributed by atoms with Crippen molar-refractivity contribution < 1.29 is 27.9 Å². The van der Waals surface area contributed by atoms with Gasteiger partial charge in [-0.15, -0.1) is 0 Å². The number of hydrogen-bond donors (Lipinski definition) is 1. The predicted octanol–water partition coefficient (Wildman–Crippen LogP) is 5.15. The lowest BCUT2D eigenvalue weighted by molar-refractivity contribution is -0.132. The second-order valence-electron chi connectivity index (χ2n) is 6.72. The maximum absolute atomic E-state index is 13.9. The van der Waals surface area contributed by atoms with Gasteiger partial charge in [-0.25, -0.2) is 8.78 Å². The first-order chi connectivity index (χ1) is 14.3. The molecule has 3 aromatic rings. The van der Waals surface area contributed by atoms with Gasteiger partial charge in [0, 0.05) is 22.3 Å². The number of amides is 1. The number of nitrogens with zero attached hydrogens (tertiary/aromatic N) is 1. The Morgan fingerprint density at radius 1 is 1.03 bits per heavy atom. The van der Waals surface area contributed by atoms with Crippen LogP contribution < -0.4 is 4.90 Å². The van der Waals surface area contributed by atoms with Crippen molar-refractivity contribution in [3.05, 3.63) is 93.9 Å². The number of ketones is 1. The molecule has 1 saturated heterocycles. The third kappa shape index (κ3) is 3.27. The Balaban J connectivity index is 1.94. The number of aryl methyl sites for hydroxylation is 1. The first-order valence-electron chi connectivity index (χ1n) is 8.86. The van der Waals surface area contributed by atoms with Gasteiger partial charge in [0.05, 0.1) is 5.57 Å². The highest BCUT2D eigenvalue weighted by atomic mass is 35.5. The van der Waals surface area contributed by atoms with E-state index >= 15 is 0 Å². The first kappa shape index (κ1) is 19.8. The summed E-state index contributed by atoms with van der Waals surface area (Å²) < 4.78 is 32.9. The van der Waals surface area contributed by atoms with E-state index in [-0.39, 0.29) is 22.6 Å². The molecule has 1 aliphatic rings. The van der Waals surface area contributed by atoms with E-state index in [0.717, 1.165) is 17.0 Å². The number of aliphatic hydroxyl groups excluding tert-OH is 1. The van der Waals surface area contributed by atoms with Gasteiger partial charge in [0.2, 0.25) is 0 Å². The SMILES string of the molecule is Cc1ccc(C2/C(=C(/O)c3ccc(Cl)cc3)C(=O)C(=O)N2c2ccc(F)c(F)c2)o1. The molecule has 8 heteroatoms. The third-order valence-electron chi connectivity index (χ3n) is 4.77. The summed E-state index contributed by atoms with van der Waals surface area (Å²) in [7, 11) is 0. The molecule has 0 bridgehead atoms. The van der Waals surface area contributed by atoms with Crippen LogP contribution in [0.5, 0.6) is 0 Å². The van der Waals surface area contributed by atoms with Crippen molar-refractivity contribution in [1.82, 2.24) is 0 Å². The average Bonchev–Trinajstić information content (AvgIpc) is 3.25. The minimum absolute atomic E-state index is 0.0507. The number of carbonyl (C=O) groups excluding carboxylic acids is 2. The molecule has 2 aromatic carbocycles. The number of hydrogen-bond acceptors (Lipinski definition) is 4. The lowest BCUT2D eigenvalue weighted by atomic mass is 9.99. The molecule has 4 rings (SSSR count). The van der Waals surface area contributed by atoms with Crippen LogP contribution >= 0.6 is 11.6 Å². The fourth-order valence-corrected chi connectivity index (χ4v) is 3.49. The smallest absolute Gasteiger partial charge is 0.300 e. The zero-order valence-electron chi connectivity index (χ0n) is 15.5. The molecule has 0 aliphatic carbocycles. The van der Waals surface area contributed by atoms with E-state index < -0.39 is 35.1 Å². The molecule has 1 fully saturated rings. The summed E-state index contributed by atoms with van der Waals surface area (Å²) in [6.45, 7) is 1.67. The largest absolute Gasteiger partial charge is 0.507 e. The average molecular weight is 430 g/mol. The van der Waals surface area contributed by atoms with E-state index in [9.17, 15) is 23.5 Å². The number of Topliss-reactive ketones (excluding diaryl/α,β-unsaturated/α-hetero) is 1. The lowest BCUT2D eigenvalue weighted by Crippen LogP contribution is -2.29. The number of anilines is 1. The van der Waals surface area contributed by atoms with Crippen LogP contribution in [0.1, 0.15) is 23.1 Å². The molecule has 2 heterocycles. The van der Waals surface area contributed by atoms with Crippen LogP contribution in [-0.2, 0) is 9.59 Å². The summed E-state index contributed by atoms with van der Waals surface area (Å²) in [5.74, 6) is -4.00. The highest BCUT2D eigenvalue weighted by molar-refractivity contribution is 6.51. The maximum Gasteiger partial charge on any atom is 0.300 e. The van der Waals surface area contributed by atoms with Gasteiger partial charge in [0.1, 0.15) is 23.3 Å². The molecule has 5 nitrogen and oxygen atoms in total. The van der Waals surface area contributed by atoms with E-state index in [4.69, 9.17) is 16.0 Å². The van der Waals surface area contributed by atoms with Gasteiger partial charge >= 0.3 is 0 Å². The molecule has 30 heavy (non-hydrogen) atoms. The van der Waals surface area contributed by atoms with Crippen LogP contribution in [0.4, 0.5) is 14.5 Å². The number of rotatable bonds is 3. The van der Waals surface area contributed by atoms with E-state index in [1.807, 2.05) is 0 Å². The lowest BCUT2D eigenvalue weighted by Gasteiger charge is -2.23. The number of furan rings is 1. The number of halogens is 3. The molecular formula is C22H14ClF2NO4. The summed E-state index contributed by atoms with van der Waals surface area (Å²) in [5, 5.41) is 11.3. The predicted molar refractivity (Wildman–Crippen MR) is 106 cm³/mol. The van der Waals surface area contributed by atoms with E-state index in [0.29, 0.717) is 10.8 Å². The molecule has 1 atom stereocenters. The van der Waals surface area contributed by atoms with Crippen LogP contribution in [0.2, 0.25) is 5.02 Å². The minimum atomic E-state index is -1.18. The van der Waals surface area contributed by atoms with Crippen LogP contribution in [0.3, 0.4) is 0 Å². The summed E-state index contributed by atoms with van der Waals surface area (Å²) >= 11 is 5.88. The van der Waals surface area contributed by atoms with Crippen molar-refractivity contribution in [2.75, 3.05) is 4.90 Å². The number of aliphatic hydroxyl groups is 1. The Bertz CT molecular complexity index is 1200. The zero-order chi connectivity index (χ0) is 21.6. The Hall–Kier alpha value is -3.45. The Morgan fingerprint density at radius 2 is 1.73 bits per heavy atom. The molecule has 0 spiro atoms. The molecule has 152 valence electrons. The first-order valence-corrected chi connectivity index (χ1v) is 9.24. The quantitative estimate of drug-likeness (QED) is 0.355. The maximum atomic E-state index is 13.9. The van der Waals surface area contributed by atoms with Crippen molar-refractivity contribution in [3.8, 4) is 0 Å². The standard InChI is InChI=1S/C22H14ClF2NO4/c1-11-2-9-17(30-11)19-18(20(27)12-3-5-13(23)6-4-12)21(28)22(29)26(19)14-7-8-15(24)16(25)10-14/h2-10,19,27H,1H3/b20-18-. The van der Waals surface area contributed by atoms with Crippen LogP contribution in [0.15, 0.2) is 64.6 Å². The van der Waals surface area contributed by atoms with E-state index in [1.54, 1.807) is 19.1 Å². The van der Waals surface area contributed by atoms with Gasteiger partial charge in [0.25, 0.3) is 11.7 Å². The van der Waals surface area contributed by atoms with Crippen LogP contribution in [0, 0.1) is 18.6 Å². The van der Waals surface area contributed by atoms with Crippen LogP contribution in [0.25, 0.3) is 5.76 Å². The highest BCUT2D eigenvalue weighted by Gasteiger charge is 2.48. The Labute approximate surface area is 174 Å². The topological polar surface area (TPSA) is 70.8 Å². The van der Waals surface area contributed by atoms with Crippen LogP contribution in [-0.4, -0.2) is 16.8 Å². The number of benzene rings is 2. The summed E-state index contributed by atoms with van der Waals surface area (Å²) in [5.41, 5.74) is -0.0254. The number of carbonyl (C=O) groups is 2. The van der Waals surface area contributed by atoms with Gasteiger partial charge in [0.15, 0.2) is 11.6 Å². The monoisotopic (exact) mass is 429 g/mol. The van der Waals surface area contributed by atoms with Crippen molar-refractivity contribution in [3.63, 3.8) is 0 Å². The molecule has 1 unspecified atom stereocenters. The summed E-state index contributed by atoms with van der Waals surface area (Å²) in [6.07, 6.45) is 0. The second-order valence-corrected chi connectivity index (χ2v) is 7.16. The minimum Gasteiger partial charge on any atom is -0.507 e. The zero-order valence-corrected chi connectivity index (χ0v) is 16.3. The van der Waals surface area contributed by atoms with Crippen molar-refractivity contribution >= 4 is 34.7 Å². The van der Waals surface area contributed by atoms with Crippen molar-refractivity contribution in [2.45, 2.75) is 13.0 Å². The third-order valence-corrected chi connectivity index (χ3v) is 5.03. The molecule has 0 radical (unpaired) electrons. The normalized spacial score (nSPS) is 18.3. The fraction of sp³-hybridized carbons (Fsp3) is 0.0909. The molecule has 1 N–H and O–H groups in total. The molecule has 1 aliphatic heterocycles. The van der Waals surface area contributed by atoms with Gasteiger partial charge in [-0.3, -0.25) is 14.5 Å². The van der Waals surface area contributed by atoms with Crippen molar-refractivity contribution in [2.24, 2.45) is 0 Å². The molecule has 1 amide bonds. The van der Waals surface area contributed by atoms with E-state index in [1.165, 1.54) is 30.3 Å². The van der Waals surface area contributed by atoms with Crippen molar-refractivity contribution in [1.29, 1.82) is 0 Å². The Kier molecular flexibility index (Phi) is 4.91.